The number of benzene rings is 1. The average Bonchev–Trinajstić information content (AvgIpc) is 2.39. The van der Waals surface area contributed by atoms with Gasteiger partial charge in [-0.25, -0.2) is 0 Å². The van der Waals surface area contributed by atoms with E-state index in [0.717, 1.165) is 30.8 Å². The lowest BCUT2D eigenvalue weighted by Crippen LogP contribution is -2.43. The molecule has 0 saturated heterocycles. The van der Waals surface area contributed by atoms with Crippen LogP contribution >= 0.6 is 0 Å². The second-order valence-electron chi connectivity index (χ2n) is 4.45. The first-order chi connectivity index (χ1) is 8.76. The number of aromatic hydroxyl groups is 1. The fourth-order valence-corrected chi connectivity index (χ4v) is 2.31. The van der Waals surface area contributed by atoms with Crippen molar-refractivity contribution >= 4 is 0 Å². The maximum atomic E-state index is 9.88. The largest absolute Gasteiger partial charge is 0.508 e. The minimum absolute atomic E-state index is 0.252. The summed E-state index contributed by atoms with van der Waals surface area (Å²) in [5.41, 5.74) is 0.895. The molecule has 96 valence electrons. The Morgan fingerprint density at radius 2 is 2.06 bits per heavy atom. The molecule has 2 rings (SSSR count). The predicted molar refractivity (Wildman–Crippen MR) is 73.1 cm³/mol. The van der Waals surface area contributed by atoms with Gasteiger partial charge in [0, 0.05) is 24.7 Å². The molecule has 0 amide bonds. The Kier molecular flexibility index (Phi) is 4.05. The van der Waals surface area contributed by atoms with Gasteiger partial charge in [-0.15, -0.1) is 13.2 Å². The van der Waals surface area contributed by atoms with Gasteiger partial charge in [-0.05, 0) is 18.6 Å². The van der Waals surface area contributed by atoms with Crippen molar-refractivity contribution in [3.8, 4) is 11.5 Å². The van der Waals surface area contributed by atoms with E-state index in [2.05, 4.69) is 18.1 Å². The van der Waals surface area contributed by atoms with E-state index in [1.807, 2.05) is 18.2 Å². The fourth-order valence-electron chi connectivity index (χ4n) is 2.31. The van der Waals surface area contributed by atoms with Crippen LogP contribution in [0.4, 0.5) is 0 Å². The summed E-state index contributed by atoms with van der Waals surface area (Å²) in [6, 6.07) is 5.66. The molecule has 0 aliphatic carbocycles. The molecule has 0 bridgehead atoms. The number of hydrogen-bond donors (Lipinski definition) is 1. The number of ether oxygens (including phenoxy) is 1. The third kappa shape index (κ3) is 2.57. The van der Waals surface area contributed by atoms with E-state index in [1.54, 1.807) is 12.1 Å². The van der Waals surface area contributed by atoms with Crippen LogP contribution in [-0.4, -0.2) is 35.7 Å². The lowest BCUT2D eigenvalue weighted by Gasteiger charge is -2.34. The van der Waals surface area contributed by atoms with Crippen molar-refractivity contribution in [2.45, 2.75) is 12.5 Å². The molecule has 0 spiro atoms. The predicted octanol–water partition coefficient (Wildman–Crippen LogP) is 2.37. The van der Waals surface area contributed by atoms with Crippen molar-refractivity contribution < 1.29 is 9.84 Å². The van der Waals surface area contributed by atoms with E-state index in [4.69, 9.17) is 4.74 Å². The summed E-state index contributed by atoms with van der Waals surface area (Å²) in [4.78, 5) is 2.25. The van der Waals surface area contributed by atoms with Crippen molar-refractivity contribution in [1.29, 1.82) is 0 Å². The Bertz CT molecular complexity index is 432. The zero-order chi connectivity index (χ0) is 13.0. The van der Waals surface area contributed by atoms with Gasteiger partial charge >= 0.3 is 0 Å². The molecule has 1 aromatic carbocycles. The van der Waals surface area contributed by atoms with Crippen LogP contribution in [0.3, 0.4) is 0 Å². The molecule has 1 heterocycles. The third-order valence-corrected chi connectivity index (χ3v) is 3.22. The smallest absolute Gasteiger partial charge is 0.126 e. The average molecular weight is 245 g/mol. The molecule has 3 nitrogen and oxygen atoms in total. The van der Waals surface area contributed by atoms with Gasteiger partial charge in [0.25, 0.3) is 0 Å². The lowest BCUT2D eigenvalue weighted by atomic mass is 10.0. The summed E-state index contributed by atoms with van der Waals surface area (Å²) in [6.07, 6.45) is 4.55. The highest BCUT2D eigenvalue weighted by Gasteiger charge is 2.25. The summed E-state index contributed by atoms with van der Waals surface area (Å²) < 4.78 is 5.72. The normalized spacial score (nSPS) is 17.9. The maximum absolute atomic E-state index is 9.88. The number of phenolic OH excluding ortho intramolecular Hbond substituents is 1. The molecule has 1 unspecified atom stereocenters. The van der Waals surface area contributed by atoms with Crippen molar-refractivity contribution in [3.63, 3.8) is 0 Å². The van der Waals surface area contributed by atoms with Crippen LogP contribution in [0.25, 0.3) is 0 Å². The minimum Gasteiger partial charge on any atom is -0.508 e. The molecule has 1 atom stereocenters. The molecule has 1 N–H and O–H groups in total. The van der Waals surface area contributed by atoms with Crippen LogP contribution in [0.2, 0.25) is 0 Å². The Balaban J connectivity index is 2.16. The fraction of sp³-hybridized carbons (Fsp3) is 0.333. The molecule has 0 fully saturated rings. The van der Waals surface area contributed by atoms with Crippen LogP contribution < -0.4 is 4.74 Å². The number of fused-ring (bicyclic) bond motifs is 1. The van der Waals surface area contributed by atoms with Gasteiger partial charge in [0.05, 0.1) is 0 Å². The van der Waals surface area contributed by atoms with E-state index < -0.39 is 0 Å². The van der Waals surface area contributed by atoms with Crippen molar-refractivity contribution in [3.05, 3.63) is 49.1 Å². The monoisotopic (exact) mass is 245 g/mol. The highest BCUT2D eigenvalue weighted by atomic mass is 16.5. The number of nitrogens with zero attached hydrogens (tertiary/aromatic N) is 1. The van der Waals surface area contributed by atoms with Gasteiger partial charge < -0.3 is 9.84 Å². The quantitative estimate of drug-likeness (QED) is 0.808. The molecule has 0 aromatic heterocycles. The Labute approximate surface area is 108 Å². The topological polar surface area (TPSA) is 32.7 Å². The molecule has 1 aliphatic heterocycles. The first-order valence-corrected chi connectivity index (χ1v) is 6.15. The van der Waals surface area contributed by atoms with Gasteiger partial charge in [0.2, 0.25) is 0 Å². The van der Waals surface area contributed by atoms with E-state index in [1.165, 1.54) is 0 Å². The summed E-state index contributed by atoms with van der Waals surface area (Å²) in [7, 11) is 0. The number of phenols is 1. The second-order valence-corrected chi connectivity index (χ2v) is 4.45. The van der Waals surface area contributed by atoms with E-state index in [9.17, 15) is 5.11 Å². The van der Waals surface area contributed by atoms with Crippen molar-refractivity contribution in [2.75, 3.05) is 19.7 Å². The Morgan fingerprint density at radius 1 is 1.33 bits per heavy atom. The molecule has 1 aliphatic rings. The molecular formula is C15H19NO2. The second kappa shape index (κ2) is 5.74. The zero-order valence-electron chi connectivity index (χ0n) is 10.5. The molecule has 1 aromatic rings. The van der Waals surface area contributed by atoms with E-state index in [0.29, 0.717) is 12.4 Å². The van der Waals surface area contributed by atoms with Crippen molar-refractivity contribution in [1.82, 2.24) is 4.90 Å². The van der Waals surface area contributed by atoms with E-state index >= 15 is 0 Å². The summed E-state index contributed by atoms with van der Waals surface area (Å²) >= 11 is 0. The molecule has 0 radical (unpaired) electrons. The first kappa shape index (κ1) is 12.7. The van der Waals surface area contributed by atoms with Crippen LogP contribution in [-0.2, 0) is 6.42 Å². The number of hydrogen-bond acceptors (Lipinski definition) is 3. The maximum Gasteiger partial charge on any atom is 0.126 e. The van der Waals surface area contributed by atoms with Gasteiger partial charge in [-0.2, -0.15) is 0 Å². The van der Waals surface area contributed by atoms with Gasteiger partial charge in [0.1, 0.15) is 18.1 Å². The summed E-state index contributed by atoms with van der Waals surface area (Å²) in [5.74, 6) is 1.11. The molecular weight excluding hydrogens is 226 g/mol. The van der Waals surface area contributed by atoms with Crippen LogP contribution in [0.5, 0.6) is 11.5 Å². The summed E-state index contributed by atoms with van der Waals surface area (Å²) in [6.45, 7) is 9.77. The summed E-state index contributed by atoms with van der Waals surface area (Å²) in [5, 5.41) is 9.88. The Morgan fingerprint density at radius 3 is 2.72 bits per heavy atom. The van der Waals surface area contributed by atoms with Crippen LogP contribution in [0.15, 0.2) is 43.5 Å². The molecule has 3 heteroatoms. The lowest BCUT2D eigenvalue weighted by molar-refractivity contribution is 0.139. The van der Waals surface area contributed by atoms with Gasteiger partial charge in [-0.1, -0.05) is 18.2 Å². The highest BCUT2D eigenvalue weighted by molar-refractivity contribution is 5.45. The van der Waals surface area contributed by atoms with Gasteiger partial charge in [-0.3, -0.25) is 4.90 Å². The Hall–Kier alpha value is -1.74. The zero-order valence-corrected chi connectivity index (χ0v) is 10.5. The standard InChI is InChI=1S/C15H19NO2/c1-3-8-16(9-4-2)12-10-13-14(17)6-5-7-15(13)18-11-12/h3-7,12,17H,1-2,8-11H2. The SMILES string of the molecule is C=CCN(CC=C)C1COc2cccc(O)c2C1. The van der Waals surface area contributed by atoms with E-state index in [-0.39, 0.29) is 6.04 Å². The number of rotatable bonds is 5. The highest BCUT2D eigenvalue weighted by Crippen LogP contribution is 2.33. The minimum atomic E-state index is 0.252. The molecule has 18 heavy (non-hydrogen) atoms. The van der Waals surface area contributed by atoms with Crippen LogP contribution in [0, 0.1) is 0 Å². The first-order valence-electron chi connectivity index (χ1n) is 6.15. The molecule has 0 saturated carbocycles. The van der Waals surface area contributed by atoms with Crippen molar-refractivity contribution in [2.24, 2.45) is 0 Å². The third-order valence-electron chi connectivity index (χ3n) is 3.22. The van der Waals surface area contributed by atoms with Gasteiger partial charge in [0.15, 0.2) is 0 Å². The van der Waals surface area contributed by atoms with Crippen LogP contribution in [0.1, 0.15) is 5.56 Å².